The summed E-state index contributed by atoms with van der Waals surface area (Å²) in [5, 5.41) is 0. The first kappa shape index (κ1) is 17.8. The van der Waals surface area contributed by atoms with Crippen LogP contribution < -0.4 is 4.74 Å². The summed E-state index contributed by atoms with van der Waals surface area (Å²) in [6, 6.07) is 7.50. The number of hydrogen-bond acceptors (Lipinski definition) is 4. The van der Waals surface area contributed by atoms with Crippen molar-refractivity contribution in [2.75, 3.05) is 25.2 Å². The first-order chi connectivity index (χ1) is 10.8. The fourth-order valence-corrected chi connectivity index (χ4v) is 4.54. The molecule has 23 heavy (non-hydrogen) atoms. The van der Waals surface area contributed by atoms with E-state index in [4.69, 9.17) is 4.74 Å². The van der Waals surface area contributed by atoms with E-state index in [0.717, 1.165) is 17.7 Å². The molecule has 0 spiro atoms. The molecule has 0 aliphatic carbocycles. The lowest BCUT2D eigenvalue weighted by Gasteiger charge is -2.24. The van der Waals surface area contributed by atoms with Crippen LogP contribution in [0.5, 0.6) is 5.75 Å². The van der Waals surface area contributed by atoms with Gasteiger partial charge in [0.05, 0.1) is 11.5 Å². The maximum Gasteiger partial charge on any atom is 0.260 e. The highest BCUT2D eigenvalue weighted by Gasteiger charge is 2.32. The van der Waals surface area contributed by atoms with Crippen LogP contribution in [0.15, 0.2) is 24.3 Å². The number of carbonyl (C=O) groups is 1. The molecular formula is C17H25NO4S. The number of rotatable bonds is 6. The monoisotopic (exact) mass is 339 g/mol. The Morgan fingerprint density at radius 2 is 2.09 bits per heavy atom. The summed E-state index contributed by atoms with van der Waals surface area (Å²) in [6.45, 7) is 4.17. The average molecular weight is 339 g/mol. The van der Waals surface area contributed by atoms with Gasteiger partial charge in [-0.05, 0) is 30.4 Å². The fraction of sp³-hybridized carbons (Fsp3) is 0.588. The number of para-hydroxylation sites is 1. The smallest absolute Gasteiger partial charge is 0.260 e. The van der Waals surface area contributed by atoms with Crippen LogP contribution >= 0.6 is 0 Å². The lowest BCUT2D eigenvalue weighted by atomic mass is 9.98. The Balaban J connectivity index is 1.97. The molecule has 0 aromatic heterocycles. The fourth-order valence-electron chi connectivity index (χ4n) is 2.76. The number of nitrogens with zero attached hydrogens (tertiary/aromatic N) is 1. The van der Waals surface area contributed by atoms with Gasteiger partial charge >= 0.3 is 0 Å². The quantitative estimate of drug-likeness (QED) is 0.797. The van der Waals surface area contributed by atoms with Gasteiger partial charge in [-0.15, -0.1) is 0 Å². The third-order valence-electron chi connectivity index (χ3n) is 4.56. The van der Waals surface area contributed by atoms with Crippen LogP contribution in [0.25, 0.3) is 0 Å². The largest absolute Gasteiger partial charge is 0.483 e. The van der Waals surface area contributed by atoms with Crippen LogP contribution in [0, 0.1) is 0 Å². The molecule has 0 radical (unpaired) electrons. The van der Waals surface area contributed by atoms with Gasteiger partial charge in [-0.25, -0.2) is 8.42 Å². The van der Waals surface area contributed by atoms with E-state index in [-0.39, 0.29) is 30.1 Å². The zero-order chi connectivity index (χ0) is 17.0. The van der Waals surface area contributed by atoms with E-state index in [1.54, 1.807) is 7.05 Å². The van der Waals surface area contributed by atoms with Crippen LogP contribution in [0.4, 0.5) is 0 Å². The molecule has 0 saturated carbocycles. The second kappa shape index (κ2) is 7.34. The van der Waals surface area contributed by atoms with Gasteiger partial charge in [0.25, 0.3) is 5.91 Å². The highest BCUT2D eigenvalue weighted by Crippen LogP contribution is 2.28. The minimum absolute atomic E-state index is 0.0543. The highest BCUT2D eigenvalue weighted by molar-refractivity contribution is 7.91. The summed E-state index contributed by atoms with van der Waals surface area (Å²) in [7, 11) is -1.35. The molecule has 1 fully saturated rings. The van der Waals surface area contributed by atoms with E-state index in [0.29, 0.717) is 12.3 Å². The molecule has 0 N–H and O–H groups in total. The van der Waals surface area contributed by atoms with Crippen molar-refractivity contribution >= 4 is 15.7 Å². The SMILES string of the molecule is CCC(C)c1ccccc1OCC(=O)N(C)C1CCS(=O)(=O)C1. The van der Waals surface area contributed by atoms with E-state index >= 15 is 0 Å². The van der Waals surface area contributed by atoms with Crippen molar-refractivity contribution in [2.24, 2.45) is 0 Å². The Morgan fingerprint density at radius 3 is 2.70 bits per heavy atom. The molecule has 1 aliphatic rings. The third kappa shape index (κ3) is 4.47. The van der Waals surface area contributed by atoms with Crippen LogP contribution in [-0.4, -0.2) is 50.4 Å². The number of benzene rings is 1. The van der Waals surface area contributed by atoms with Gasteiger partial charge in [0, 0.05) is 13.1 Å². The molecule has 2 atom stereocenters. The summed E-state index contributed by atoms with van der Waals surface area (Å²) in [5.41, 5.74) is 1.09. The molecule has 1 saturated heterocycles. The Labute approximate surface area is 138 Å². The van der Waals surface area contributed by atoms with Crippen LogP contribution in [0.2, 0.25) is 0 Å². The van der Waals surface area contributed by atoms with Crippen LogP contribution in [0.1, 0.15) is 38.2 Å². The minimum atomic E-state index is -3.00. The van der Waals surface area contributed by atoms with Crippen molar-refractivity contribution in [2.45, 2.75) is 38.6 Å². The molecule has 5 nitrogen and oxygen atoms in total. The molecule has 2 unspecified atom stereocenters. The first-order valence-electron chi connectivity index (χ1n) is 8.02. The van der Waals surface area contributed by atoms with Crippen molar-refractivity contribution in [3.05, 3.63) is 29.8 Å². The predicted octanol–water partition coefficient (Wildman–Crippen LogP) is 2.22. The molecule has 1 aromatic rings. The summed E-state index contributed by atoms with van der Waals surface area (Å²) >= 11 is 0. The normalized spacial score (nSPS) is 20.9. The number of amides is 1. The Morgan fingerprint density at radius 1 is 1.39 bits per heavy atom. The molecule has 1 aromatic carbocycles. The van der Waals surface area contributed by atoms with Gasteiger partial charge in [-0.2, -0.15) is 0 Å². The van der Waals surface area contributed by atoms with Crippen molar-refractivity contribution in [3.63, 3.8) is 0 Å². The second-order valence-electron chi connectivity index (χ2n) is 6.20. The Hall–Kier alpha value is -1.56. The lowest BCUT2D eigenvalue weighted by molar-refractivity contribution is -0.133. The Kier molecular flexibility index (Phi) is 5.68. The van der Waals surface area contributed by atoms with Crippen molar-refractivity contribution in [1.29, 1.82) is 0 Å². The van der Waals surface area contributed by atoms with E-state index < -0.39 is 9.84 Å². The molecule has 6 heteroatoms. The van der Waals surface area contributed by atoms with Gasteiger partial charge in [-0.1, -0.05) is 32.0 Å². The molecule has 0 bridgehead atoms. The van der Waals surface area contributed by atoms with Gasteiger partial charge in [0.1, 0.15) is 5.75 Å². The summed E-state index contributed by atoms with van der Waals surface area (Å²) in [4.78, 5) is 13.8. The third-order valence-corrected chi connectivity index (χ3v) is 6.31. The van der Waals surface area contributed by atoms with Gasteiger partial charge in [-0.3, -0.25) is 4.79 Å². The van der Waals surface area contributed by atoms with Crippen molar-refractivity contribution < 1.29 is 17.9 Å². The zero-order valence-electron chi connectivity index (χ0n) is 14.0. The maximum atomic E-state index is 12.3. The van der Waals surface area contributed by atoms with Crippen molar-refractivity contribution in [1.82, 2.24) is 4.90 Å². The number of hydrogen-bond donors (Lipinski definition) is 0. The van der Waals surface area contributed by atoms with E-state index in [2.05, 4.69) is 13.8 Å². The number of ether oxygens (including phenoxy) is 1. The molecular weight excluding hydrogens is 314 g/mol. The number of carbonyl (C=O) groups excluding carboxylic acids is 1. The standard InChI is InChI=1S/C17H25NO4S/c1-4-13(2)15-7-5-6-8-16(15)22-11-17(19)18(3)14-9-10-23(20,21)12-14/h5-8,13-14H,4,9-12H2,1-3H3. The maximum absolute atomic E-state index is 12.3. The minimum Gasteiger partial charge on any atom is -0.483 e. The number of likely N-dealkylation sites (N-methyl/N-ethyl adjacent to an activating group) is 1. The first-order valence-corrected chi connectivity index (χ1v) is 9.84. The van der Waals surface area contributed by atoms with Crippen LogP contribution in [-0.2, 0) is 14.6 Å². The second-order valence-corrected chi connectivity index (χ2v) is 8.43. The lowest BCUT2D eigenvalue weighted by Crippen LogP contribution is -2.40. The number of sulfone groups is 1. The zero-order valence-corrected chi connectivity index (χ0v) is 14.8. The Bertz CT molecular complexity index is 656. The molecule has 2 rings (SSSR count). The van der Waals surface area contributed by atoms with E-state index in [1.807, 2.05) is 24.3 Å². The topological polar surface area (TPSA) is 63.7 Å². The van der Waals surface area contributed by atoms with Crippen molar-refractivity contribution in [3.8, 4) is 5.75 Å². The average Bonchev–Trinajstić information content (AvgIpc) is 2.91. The molecule has 128 valence electrons. The van der Waals surface area contributed by atoms with E-state index in [9.17, 15) is 13.2 Å². The molecule has 1 amide bonds. The molecule has 1 aliphatic heterocycles. The van der Waals surface area contributed by atoms with Gasteiger partial charge < -0.3 is 9.64 Å². The highest BCUT2D eigenvalue weighted by atomic mass is 32.2. The van der Waals surface area contributed by atoms with E-state index in [1.165, 1.54) is 4.90 Å². The van der Waals surface area contributed by atoms with Gasteiger partial charge in [0.2, 0.25) is 0 Å². The van der Waals surface area contributed by atoms with Gasteiger partial charge in [0.15, 0.2) is 16.4 Å². The summed E-state index contributed by atoms with van der Waals surface area (Å²) in [5.74, 6) is 1.11. The summed E-state index contributed by atoms with van der Waals surface area (Å²) < 4.78 is 28.8. The molecule has 1 heterocycles. The summed E-state index contributed by atoms with van der Waals surface area (Å²) in [6.07, 6.45) is 1.50. The predicted molar refractivity (Wildman–Crippen MR) is 90.5 cm³/mol. The van der Waals surface area contributed by atoms with Crippen LogP contribution in [0.3, 0.4) is 0 Å².